The molecule has 2 aromatic rings. The highest BCUT2D eigenvalue weighted by molar-refractivity contribution is 4.87. The summed E-state index contributed by atoms with van der Waals surface area (Å²) in [6, 6.07) is 0.489. The van der Waals surface area contributed by atoms with Crippen LogP contribution in [0.15, 0.2) is 12.7 Å². The van der Waals surface area contributed by atoms with Gasteiger partial charge in [0.25, 0.3) is 0 Å². The molecule has 1 saturated heterocycles. The van der Waals surface area contributed by atoms with E-state index in [-0.39, 0.29) is 0 Å². The average molecular weight is 290 g/mol. The molecule has 0 N–H and O–H groups in total. The van der Waals surface area contributed by atoms with Gasteiger partial charge in [-0.15, -0.1) is 5.10 Å². The van der Waals surface area contributed by atoms with Gasteiger partial charge in [0.1, 0.15) is 12.7 Å². The molecule has 8 nitrogen and oxygen atoms in total. The van der Waals surface area contributed by atoms with Crippen LogP contribution in [0.3, 0.4) is 0 Å². The van der Waals surface area contributed by atoms with E-state index in [4.69, 9.17) is 0 Å². The molecule has 1 aliphatic heterocycles. The first-order chi connectivity index (χ1) is 10.4. The third kappa shape index (κ3) is 3.44. The van der Waals surface area contributed by atoms with Crippen molar-refractivity contribution in [1.29, 1.82) is 0 Å². The van der Waals surface area contributed by atoms with Gasteiger partial charge in [-0.2, -0.15) is 5.10 Å². The number of hydrogen-bond donors (Lipinski definition) is 0. The molecule has 0 radical (unpaired) electrons. The Morgan fingerprint density at radius 3 is 3.14 bits per heavy atom. The number of hydrogen-bond acceptors (Lipinski definition) is 6. The fourth-order valence-corrected chi connectivity index (χ4v) is 2.85. The van der Waals surface area contributed by atoms with Gasteiger partial charge >= 0.3 is 0 Å². The van der Waals surface area contributed by atoms with Crippen LogP contribution in [0.4, 0.5) is 0 Å². The van der Waals surface area contributed by atoms with Crippen molar-refractivity contribution in [2.75, 3.05) is 6.54 Å². The van der Waals surface area contributed by atoms with Crippen LogP contribution in [0.2, 0.25) is 0 Å². The molecule has 114 valence electrons. The molecule has 21 heavy (non-hydrogen) atoms. The van der Waals surface area contributed by atoms with Crippen molar-refractivity contribution in [3.63, 3.8) is 0 Å². The Labute approximate surface area is 124 Å². The Hall–Kier alpha value is -1.83. The zero-order chi connectivity index (χ0) is 14.5. The van der Waals surface area contributed by atoms with Crippen molar-refractivity contribution in [1.82, 2.24) is 39.9 Å². The summed E-state index contributed by atoms with van der Waals surface area (Å²) < 4.78 is 3.84. The predicted octanol–water partition coefficient (Wildman–Crippen LogP) is 0.729. The van der Waals surface area contributed by atoms with E-state index < -0.39 is 0 Å². The molecule has 8 heteroatoms. The van der Waals surface area contributed by atoms with Crippen molar-refractivity contribution in [3.8, 4) is 0 Å². The molecule has 0 aromatic carbocycles. The third-order valence-electron chi connectivity index (χ3n) is 4.04. The Kier molecular flexibility index (Phi) is 4.54. The van der Waals surface area contributed by atoms with Crippen molar-refractivity contribution in [2.45, 2.75) is 58.3 Å². The number of likely N-dealkylation sites (tertiary alicyclic amines) is 1. The molecule has 0 amide bonds. The largest absolute Gasteiger partial charge is 0.291 e. The minimum atomic E-state index is 0.489. The molecule has 1 atom stereocenters. The highest BCUT2D eigenvalue weighted by atomic mass is 15.5. The molecule has 0 unspecified atom stereocenters. The Balaban J connectivity index is 1.62. The van der Waals surface area contributed by atoms with E-state index >= 15 is 0 Å². The van der Waals surface area contributed by atoms with Crippen LogP contribution in [-0.4, -0.2) is 52.5 Å². The van der Waals surface area contributed by atoms with Crippen molar-refractivity contribution in [3.05, 3.63) is 18.5 Å². The minimum Gasteiger partial charge on any atom is -0.291 e. The number of tetrazole rings is 1. The summed E-state index contributed by atoms with van der Waals surface area (Å²) in [5, 5.41) is 16.3. The number of aryl methyl sites for hydroxylation is 1. The second-order valence-electron chi connectivity index (χ2n) is 5.56. The molecule has 3 rings (SSSR count). The summed E-state index contributed by atoms with van der Waals surface area (Å²) in [7, 11) is 0. The van der Waals surface area contributed by atoms with Gasteiger partial charge in [0.05, 0.1) is 13.1 Å². The third-order valence-corrected chi connectivity index (χ3v) is 4.04. The summed E-state index contributed by atoms with van der Waals surface area (Å²) >= 11 is 0. The topological polar surface area (TPSA) is 77.5 Å². The number of aromatic nitrogens is 7. The monoisotopic (exact) mass is 290 g/mol. The quantitative estimate of drug-likeness (QED) is 0.748. The van der Waals surface area contributed by atoms with E-state index in [9.17, 15) is 0 Å². The van der Waals surface area contributed by atoms with Gasteiger partial charge < -0.3 is 0 Å². The fraction of sp³-hybridized carbons (Fsp3) is 0.769. The molecule has 1 aliphatic rings. The van der Waals surface area contributed by atoms with E-state index in [1.807, 2.05) is 9.36 Å². The lowest BCUT2D eigenvalue weighted by Crippen LogP contribution is -2.33. The average Bonchev–Trinajstić information content (AvgIpc) is 3.21. The van der Waals surface area contributed by atoms with E-state index in [0.29, 0.717) is 6.04 Å². The van der Waals surface area contributed by atoms with Gasteiger partial charge in [-0.3, -0.25) is 9.58 Å². The van der Waals surface area contributed by atoms with Crippen LogP contribution in [0.1, 0.15) is 38.4 Å². The lowest BCUT2D eigenvalue weighted by molar-refractivity contribution is 0.210. The van der Waals surface area contributed by atoms with Crippen LogP contribution >= 0.6 is 0 Å². The molecule has 0 bridgehead atoms. The molecule has 0 aliphatic carbocycles. The SMILES string of the molecule is CCCCn1nnnc1CN1CCC[C@@H]1Cn1cncn1. The van der Waals surface area contributed by atoms with Gasteiger partial charge in [0, 0.05) is 12.6 Å². The van der Waals surface area contributed by atoms with Crippen molar-refractivity contribution < 1.29 is 0 Å². The molecule has 3 heterocycles. The van der Waals surface area contributed by atoms with Crippen molar-refractivity contribution in [2.24, 2.45) is 0 Å². The summed E-state index contributed by atoms with van der Waals surface area (Å²) in [6.07, 6.45) is 8.04. The first-order valence-electron chi connectivity index (χ1n) is 7.68. The molecular weight excluding hydrogens is 268 g/mol. The Bertz CT molecular complexity index is 534. The van der Waals surface area contributed by atoms with Crippen molar-refractivity contribution >= 4 is 0 Å². The lowest BCUT2D eigenvalue weighted by atomic mass is 10.2. The van der Waals surface area contributed by atoms with E-state index in [2.05, 4.69) is 37.4 Å². The van der Waals surface area contributed by atoms with Gasteiger partial charge in [-0.05, 0) is 36.2 Å². The first-order valence-corrected chi connectivity index (χ1v) is 7.68. The maximum atomic E-state index is 4.20. The lowest BCUT2D eigenvalue weighted by Gasteiger charge is -2.23. The molecule has 2 aromatic heterocycles. The van der Waals surface area contributed by atoms with Crippen LogP contribution in [0.5, 0.6) is 0 Å². The van der Waals surface area contributed by atoms with Gasteiger partial charge in [-0.1, -0.05) is 13.3 Å². The van der Waals surface area contributed by atoms with Gasteiger partial charge in [0.15, 0.2) is 5.82 Å². The smallest absolute Gasteiger partial charge is 0.165 e. The van der Waals surface area contributed by atoms with Crippen LogP contribution in [0.25, 0.3) is 0 Å². The number of rotatable bonds is 7. The predicted molar refractivity (Wildman–Crippen MR) is 76.2 cm³/mol. The summed E-state index contributed by atoms with van der Waals surface area (Å²) in [5.41, 5.74) is 0. The fourth-order valence-electron chi connectivity index (χ4n) is 2.85. The van der Waals surface area contributed by atoms with Crippen LogP contribution in [0, 0.1) is 0 Å². The summed E-state index contributed by atoms with van der Waals surface area (Å²) in [4.78, 5) is 6.46. The maximum Gasteiger partial charge on any atom is 0.165 e. The highest BCUT2D eigenvalue weighted by Gasteiger charge is 2.26. The number of unbranched alkanes of at least 4 members (excludes halogenated alkanes) is 1. The second kappa shape index (κ2) is 6.75. The summed E-state index contributed by atoms with van der Waals surface area (Å²) in [6.45, 7) is 5.88. The van der Waals surface area contributed by atoms with Crippen LogP contribution in [-0.2, 0) is 19.6 Å². The summed E-state index contributed by atoms with van der Waals surface area (Å²) in [5.74, 6) is 0.967. The zero-order valence-corrected chi connectivity index (χ0v) is 12.5. The Morgan fingerprint density at radius 1 is 1.38 bits per heavy atom. The highest BCUT2D eigenvalue weighted by Crippen LogP contribution is 2.20. The van der Waals surface area contributed by atoms with Crippen LogP contribution < -0.4 is 0 Å². The molecule has 1 fully saturated rings. The zero-order valence-electron chi connectivity index (χ0n) is 12.5. The minimum absolute atomic E-state index is 0.489. The molecule has 0 spiro atoms. The van der Waals surface area contributed by atoms with E-state index in [0.717, 1.165) is 44.8 Å². The van der Waals surface area contributed by atoms with Gasteiger partial charge in [-0.25, -0.2) is 9.67 Å². The molecular formula is C13H22N8. The first kappa shape index (κ1) is 14.1. The van der Waals surface area contributed by atoms with Gasteiger partial charge in [0.2, 0.25) is 0 Å². The second-order valence-corrected chi connectivity index (χ2v) is 5.56. The normalized spacial score (nSPS) is 19.4. The number of nitrogens with zero attached hydrogens (tertiary/aromatic N) is 8. The Morgan fingerprint density at radius 2 is 2.33 bits per heavy atom. The maximum absolute atomic E-state index is 4.20. The van der Waals surface area contributed by atoms with E-state index in [1.54, 1.807) is 12.7 Å². The standard InChI is InChI=1S/C13H22N8/c1-2-3-7-21-13(16-17-18-21)9-19-6-4-5-12(19)8-20-11-14-10-15-20/h10-12H,2-9H2,1H3/t12-/m1/s1. The molecule has 0 saturated carbocycles. The van der Waals surface area contributed by atoms with E-state index in [1.165, 1.54) is 12.8 Å².